The van der Waals surface area contributed by atoms with E-state index >= 15 is 0 Å². The van der Waals surface area contributed by atoms with Gasteiger partial charge in [-0.25, -0.2) is 43.9 Å². The van der Waals surface area contributed by atoms with Crippen LogP contribution in [0.4, 0.5) is 43.9 Å². The third-order valence-electron chi connectivity index (χ3n) is 6.28. The van der Waals surface area contributed by atoms with Crippen molar-refractivity contribution in [1.82, 2.24) is 10.2 Å². The molecule has 2 unspecified atom stereocenters. The largest absolute Gasteiger partial charge is 0.464 e. The van der Waals surface area contributed by atoms with Crippen LogP contribution in [-0.2, 0) is 20.1 Å². The predicted molar refractivity (Wildman–Crippen MR) is 142 cm³/mol. The van der Waals surface area contributed by atoms with Crippen LogP contribution >= 0.6 is 0 Å². The minimum Gasteiger partial charge on any atom is -0.464 e. The number of benzene rings is 4. The third kappa shape index (κ3) is 7.72. The van der Waals surface area contributed by atoms with Crippen molar-refractivity contribution >= 4 is 0 Å². The summed E-state index contributed by atoms with van der Waals surface area (Å²) in [6.45, 7) is 3.32. The first-order valence-corrected chi connectivity index (χ1v) is 13.0. The molecule has 2 atom stereocenters. The van der Waals surface area contributed by atoms with E-state index in [1.54, 1.807) is 13.8 Å². The number of halogens is 10. The van der Waals surface area contributed by atoms with E-state index in [1.807, 2.05) is 0 Å². The Kier molecular flexibility index (Phi) is 12.1. The Hall–Kier alpha value is -4.11. The summed E-state index contributed by atoms with van der Waals surface area (Å²) in [5, 5.41) is 24.6. The number of hydrogen-bond donors (Lipinski definition) is 2. The fourth-order valence-corrected chi connectivity index (χ4v) is 4.15. The van der Waals surface area contributed by atoms with E-state index in [9.17, 15) is 43.9 Å². The number of rotatable bonds is 6. The first-order chi connectivity index (χ1) is 21.6. The van der Waals surface area contributed by atoms with Gasteiger partial charge < -0.3 is 14.6 Å². The molecular formula is C31H19F10IrN2O3-. The number of aliphatic hydroxyl groups excluding tert-OH is 2. The molecule has 5 aromatic rings. The van der Waals surface area contributed by atoms with Gasteiger partial charge in [0.1, 0.15) is 0 Å². The molecule has 5 nitrogen and oxygen atoms in total. The maximum atomic E-state index is 14.1. The Labute approximate surface area is 272 Å². The zero-order valence-corrected chi connectivity index (χ0v) is 26.1. The second-order valence-corrected chi connectivity index (χ2v) is 9.80. The van der Waals surface area contributed by atoms with Crippen LogP contribution in [0.2, 0.25) is 0 Å². The Morgan fingerprint density at radius 2 is 0.915 bits per heavy atom. The third-order valence-corrected chi connectivity index (χ3v) is 6.28. The zero-order valence-electron chi connectivity index (χ0n) is 23.7. The van der Waals surface area contributed by atoms with Gasteiger partial charge in [0.2, 0.25) is 11.7 Å². The molecule has 0 aliphatic heterocycles. The van der Waals surface area contributed by atoms with Gasteiger partial charge >= 0.3 is 0 Å². The number of aliphatic hydroxyl groups is 2. The van der Waals surface area contributed by atoms with Crippen molar-refractivity contribution in [3.8, 4) is 45.2 Å². The topological polar surface area (TPSA) is 79.4 Å². The van der Waals surface area contributed by atoms with Gasteiger partial charge in [0.05, 0.1) is 17.8 Å². The van der Waals surface area contributed by atoms with Gasteiger partial charge in [0, 0.05) is 31.2 Å². The van der Waals surface area contributed by atoms with Gasteiger partial charge in [0.25, 0.3) is 0 Å². The predicted octanol–water partition coefficient (Wildman–Crippen LogP) is 8.06. The average Bonchev–Trinajstić information content (AvgIpc) is 3.52. The molecule has 251 valence electrons. The summed E-state index contributed by atoms with van der Waals surface area (Å²) in [5.41, 5.74) is -2.75. The van der Waals surface area contributed by atoms with Crippen LogP contribution in [0.1, 0.15) is 20.3 Å². The maximum absolute atomic E-state index is 14.1. The molecular weight excluding hydrogens is 831 g/mol. The first-order valence-electron chi connectivity index (χ1n) is 13.0. The summed E-state index contributed by atoms with van der Waals surface area (Å²) in [6, 6.07) is 10.2. The molecule has 47 heavy (non-hydrogen) atoms. The second kappa shape index (κ2) is 15.2. The summed E-state index contributed by atoms with van der Waals surface area (Å²) < 4.78 is 142. The molecule has 0 aliphatic rings. The molecule has 0 saturated heterocycles. The Bertz CT molecular complexity index is 1690. The van der Waals surface area contributed by atoms with E-state index in [2.05, 4.69) is 16.3 Å². The van der Waals surface area contributed by atoms with Gasteiger partial charge in [-0.05, 0) is 38.0 Å². The van der Waals surface area contributed by atoms with Crippen molar-refractivity contribution in [2.45, 2.75) is 32.5 Å². The fraction of sp³-hybridized carbons (Fsp3) is 0.161. The van der Waals surface area contributed by atoms with Gasteiger partial charge in [-0.1, -0.05) is 23.3 Å². The van der Waals surface area contributed by atoms with Crippen LogP contribution in [0.5, 0.6) is 0 Å². The molecule has 2 N–H and O–H groups in total. The van der Waals surface area contributed by atoms with Crippen molar-refractivity contribution in [3.63, 3.8) is 0 Å². The number of nitrogens with zero attached hydrogens (tertiary/aromatic N) is 2. The molecule has 16 heteroatoms. The maximum Gasteiger partial charge on any atom is 0.237 e. The van der Waals surface area contributed by atoms with E-state index in [-0.39, 0.29) is 66.3 Å². The van der Waals surface area contributed by atoms with Crippen LogP contribution in [0.3, 0.4) is 0 Å². The molecule has 0 bridgehead atoms. The van der Waals surface area contributed by atoms with E-state index in [0.29, 0.717) is 6.42 Å². The van der Waals surface area contributed by atoms with E-state index in [0.717, 1.165) is 30.3 Å². The molecule has 1 aromatic heterocycles. The number of aromatic nitrogens is 2. The van der Waals surface area contributed by atoms with Gasteiger partial charge in [-0.2, -0.15) is 5.10 Å². The molecule has 0 amide bonds. The Morgan fingerprint density at radius 1 is 0.553 bits per heavy atom. The van der Waals surface area contributed by atoms with Gasteiger partial charge in [-0.15, -0.1) is 29.4 Å². The smallest absolute Gasteiger partial charge is 0.237 e. The average molecular weight is 850 g/mol. The molecule has 0 fully saturated rings. The summed E-state index contributed by atoms with van der Waals surface area (Å²) in [7, 11) is 0. The first kappa shape index (κ1) is 37.3. The van der Waals surface area contributed by atoms with Crippen LogP contribution in [0.25, 0.3) is 45.2 Å². The molecule has 1 heterocycles. The van der Waals surface area contributed by atoms with Crippen LogP contribution in [0, 0.1) is 64.2 Å². The minimum atomic E-state index is -2.30. The van der Waals surface area contributed by atoms with E-state index in [4.69, 9.17) is 14.6 Å². The molecule has 1 radical (unpaired) electrons. The van der Waals surface area contributed by atoms with Crippen LogP contribution < -0.4 is 0 Å². The van der Waals surface area contributed by atoms with E-state index < -0.39 is 69.3 Å². The molecule has 0 saturated carbocycles. The van der Waals surface area contributed by atoms with Crippen molar-refractivity contribution in [1.29, 1.82) is 0 Å². The van der Waals surface area contributed by atoms with Crippen molar-refractivity contribution in [2.75, 3.05) is 0 Å². The summed E-state index contributed by atoms with van der Waals surface area (Å²) in [5.74, 6) is -21.4. The molecule has 4 aromatic carbocycles. The SMILES string of the molecule is CC(O)CC(C)O.Fc1c(F)c(F)c(-c2c[c-]c(-c3nnc(-c4ccc(-c5c(F)c(F)c(F)c(F)c5F)cc4)o3)cc2)c(F)c1F.[Ir]. The number of hydrogen-bond acceptors (Lipinski definition) is 5. The summed E-state index contributed by atoms with van der Waals surface area (Å²) >= 11 is 0. The van der Waals surface area contributed by atoms with Crippen LogP contribution in [0.15, 0.2) is 46.9 Å². The standard InChI is InChI=1S/C26H7F10N2O.C5H12O2.Ir/c27-15-13(16(28)20(32)23(35)19(15)31)9-1-5-11(6-2-9)25-37-38-26(39-25)12-7-3-10(4-8-12)14-17(29)21(33)24(36)22(34)18(14)30;1-4(6)3-5(2)7;/h1-7H;4-7H,3H2,1-2H3;/q-1;;. The van der Waals surface area contributed by atoms with Crippen molar-refractivity contribution in [3.05, 3.63) is 107 Å². The quantitative estimate of drug-likeness (QED) is 0.0783. The Balaban J connectivity index is 0.000000677. The molecule has 5 rings (SSSR count). The summed E-state index contributed by atoms with van der Waals surface area (Å²) in [6.07, 6.45) is -0.278. The Morgan fingerprint density at radius 3 is 1.30 bits per heavy atom. The summed E-state index contributed by atoms with van der Waals surface area (Å²) in [4.78, 5) is 0. The second-order valence-electron chi connectivity index (χ2n) is 9.80. The van der Waals surface area contributed by atoms with Gasteiger partial charge in [0.15, 0.2) is 58.2 Å². The zero-order chi connectivity index (χ0) is 34.0. The minimum absolute atomic E-state index is 0. The normalized spacial score (nSPS) is 12.2. The van der Waals surface area contributed by atoms with Crippen molar-refractivity contribution in [2.24, 2.45) is 0 Å². The van der Waals surface area contributed by atoms with E-state index in [1.165, 1.54) is 12.1 Å². The van der Waals surface area contributed by atoms with Gasteiger partial charge in [-0.3, -0.25) is 0 Å². The van der Waals surface area contributed by atoms with Crippen molar-refractivity contribution < 1.29 is 78.6 Å². The van der Waals surface area contributed by atoms with Crippen LogP contribution in [-0.4, -0.2) is 32.6 Å². The molecule has 0 aliphatic carbocycles. The molecule has 0 spiro atoms. The monoisotopic (exact) mass is 850 g/mol. The fourth-order valence-electron chi connectivity index (χ4n) is 4.15.